The Labute approximate surface area is 176 Å². The second-order valence-corrected chi connectivity index (χ2v) is 8.39. The molecular weight excluding hydrogens is 376 g/mol. The normalized spacial score (nSPS) is 16.6. The molecular formula is C24H28N4O2. The van der Waals surface area contributed by atoms with Gasteiger partial charge in [0.1, 0.15) is 6.54 Å². The lowest BCUT2D eigenvalue weighted by Crippen LogP contribution is -2.38. The fourth-order valence-corrected chi connectivity index (χ4v) is 4.14. The van der Waals surface area contributed by atoms with Gasteiger partial charge in [-0.05, 0) is 55.9 Å². The van der Waals surface area contributed by atoms with E-state index in [-0.39, 0.29) is 18.0 Å². The van der Waals surface area contributed by atoms with Gasteiger partial charge in [0.25, 0.3) is 5.56 Å². The molecule has 2 heterocycles. The third-order valence-corrected chi connectivity index (χ3v) is 5.77. The maximum Gasteiger partial charge on any atom is 0.275 e. The highest BCUT2D eigenvalue weighted by Gasteiger charge is 2.22. The minimum atomic E-state index is -0.258. The molecule has 1 aromatic heterocycles. The van der Waals surface area contributed by atoms with E-state index in [2.05, 4.69) is 22.2 Å². The molecule has 30 heavy (non-hydrogen) atoms. The number of aromatic nitrogens is 2. The van der Waals surface area contributed by atoms with Crippen LogP contribution in [0.1, 0.15) is 30.9 Å². The van der Waals surface area contributed by atoms with E-state index in [0.29, 0.717) is 11.3 Å². The third-order valence-electron chi connectivity index (χ3n) is 5.77. The number of hydrogen-bond acceptors (Lipinski definition) is 4. The molecule has 0 bridgehead atoms. The molecule has 0 unspecified atom stereocenters. The van der Waals surface area contributed by atoms with Gasteiger partial charge in [-0.2, -0.15) is 5.10 Å². The molecule has 0 aliphatic carbocycles. The molecule has 6 heteroatoms. The third kappa shape index (κ3) is 4.08. The summed E-state index contributed by atoms with van der Waals surface area (Å²) in [6.45, 7) is 7.87. The van der Waals surface area contributed by atoms with Gasteiger partial charge in [0.05, 0.1) is 5.39 Å². The zero-order valence-corrected chi connectivity index (χ0v) is 17.8. The van der Waals surface area contributed by atoms with Crippen LogP contribution in [0.2, 0.25) is 0 Å². The highest BCUT2D eigenvalue weighted by Crippen LogP contribution is 2.26. The van der Waals surface area contributed by atoms with Gasteiger partial charge in [0.2, 0.25) is 5.91 Å². The fraction of sp³-hybridized carbons (Fsp3) is 0.375. The molecule has 0 saturated carbocycles. The van der Waals surface area contributed by atoms with Crippen molar-refractivity contribution < 1.29 is 4.79 Å². The molecule has 0 radical (unpaired) electrons. The molecule has 1 aliphatic rings. The molecule has 1 N–H and O–H groups in total. The summed E-state index contributed by atoms with van der Waals surface area (Å²) in [4.78, 5) is 28.0. The van der Waals surface area contributed by atoms with Crippen LogP contribution in [0.3, 0.4) is 0 Å². The van der Waals surface area contributed by atoms with Crippen LogP contribution in [0.5, 0.6) is 0 Å². The van der Waals surface area contributed by atoms with Crippen molar-refractivity contribution in [2.45, 2.75) is 40.2 Å². The van der Waals surface area contributed by atoms with Crippen molar-refractivity contribution >= 4 is 28.2 Å². The van der Waals surface area contributed by atoms with E-state index < -0.39 is 0 Å². The van der Waals surface area contributed by atoms with Crippen LogP contribution in [0.15, 0.2) is 47.3 Å². The largest absolute Gasteiger partial charge is 0.354 e. The Balaban J connectivity index is 1.68. The lowest BCUT2D eigenvalue weighted by Gasteiger charge is -2.32. The standard InChI is InChI=1S/C24H28N4O2/c1-16-10-11-18(3)21(13-16)25-22(29)15-28-24(30)20-9-5-4-8-19(20)23(26-28)27-12-6-7-17(2)14-27/h4-5,8-11,13,17H,6-7,12,14-15H2,1-3H3,(H,25,29)/t17-/m0/s1. The fourth-order valence-electron chi connectivity index (χ4n) is 4.14. The van der Waals surface area contributed by atoms with E-state index in [1.54, 1.807) is 0 Å². The minimum absolute atomic E-state index is 0.118. The van der Waals surface area contributed by atoms with Gasteiger partial charge in [-0.25, -0.2) is 4.68 Å². The van der Waals surface area contributed by atoms with Crippen molar-refractivity contribution in [3.63, 3.8) is 0 Å². The molecule has 2 aromatic carbocycles. The molecule has 3 aromatic rings. The van der Waals surface area contributed by atoms with Gasteiger partial charge in [-0.1, -0.05) is 37.3 Å². The number of nitrogens with zero attached hydrogens (tertiary/aromatic N) is 3. The average Bonchev–Trinajstić information content (AvgIpc) is 2.73. The number of carbonyl (C=O) groups excluding carboxylic acids is 1. The van der Waals surface area contributed by atoms with E-state index >= 15 is 0 Å². The summed E-state index contributed by atoms with van der Waals surface area (Å²) in [5.41, 5.74) is 2.57. The topological polar surface area (TPSA) is 67.2 Å². The Morgan fingerprint density at radius 2 is 1.93 bits per heavy atom. The van der Waals surface area contributed by atoms with Crippen LogP contribution in [0, 0.1) is 19.8 Å². The zero-order valence-electron chi connectivity index (χ0n) is 17.8. The number of fused-ring (bicyclic) bond motifs is 1. The molecule has 156 valence electrons. The lowest BCUT2D eigenvalue weighted by molar-refractivity contribution is -0.117. The smallest absolute Gasteiger partial charge is 0.275 e. The van der Waals surface area contributed by atoms with Gasteiger partial charge in [-0.15, -0.1) is 0 Å². The van der Waals surface area contributed by atoms with E-state index in [4.69, 9.17) is 0 Å². The van der Waals surface area contributed by atoms with Crippen LogP contribution < -0.4 is 15.8 Å². The molecule has 0 spiro atoms. The first-order valence-corrected chi connectivity index (χ1v) is 10.5. The van der Waals surface area contributed by atoms with E-state index in [9.17, 15) is 9.59 Å². The van der Waals surface area contributed by atoms with Crippen molar-refractivity contribution in [3.05, 3.63) is 63.9 Å². The molecule has 6 nitrogen and oxygen atoms in total. The number of amides is 1. The number of hydrogen-bond donors (Lipinski definition) is 1. The summed E-state index contributed by atoms with van der Waals surface area (Å²) in [6, 6.07) is 13.5. The molecule has 1 aliphatic heterocycles. The number of anilines is 2. The number of carbonyl (C=O) groups is 1. The van der Waals surface area contributed by atoms with Crippen LogP contribution in [0.4, 0.5) is 11.5 Å². The van der Waals surface area contributed by atoms with Crippen LogP contribution in [0.25, 0.3) is 10.8 Å². The predicted octanol–water partition coefficient (Wildman–Crippen LogP) is 3.89. The first kappa shape index (κ1) is 20.1. The number of piperidine rings is 1. The molecule has 1 amide bonds. The van der Waals surface area contributed by atoms with Crippen LogP contribution >= 0.6 is 0 Å². The van der Waals surface area contributed by atoms with Crippen molar-refractivity contribution in [1.82, 2.24) is 9.78 Å². The minimum Gasteiger partial charge on any atom is -0.354 e. The summed E-state index contributed by atoms with van der Waals surface area (Å²) in [6.07, 6.45) is 2.30. The molecule has 4 rings (SSSR count). The van der Waals surface area contributed by atoms with Gasteiger partial charge >= 0.3 is 0 Å². The molecule has 1 saturated heterocycles. The van der Waals surface area contributed by atoms with Crippen molar-refractivity contribution in [1.29, 1.82) is 0 Å². The maximum absolute atomic E-state index is 13.0. The summed E-state index contributed by atoms with van der Waals surface area (Å²) in [5, 5.41) is 9.03. The number of rotatable bonds is 4. The Hall–Kier alpha value is -3.15. The summed E-state index contributed by atoms with van der Waals surface area (Å²) < 4.78 is 1.30. The molecule has 1 fully saturated rings. The Kier molecular flexibility index (Phi) is 5.57. The first-order valence-electron chi connectivity index (χ1n) is 10.5. The van der Waals surface area contributed by atoms with Gasteiger partial charge in [0.15, 0.2) is 5.82 Å². The van der Waals surface area contributed by atoms with E-state index in [0.717, 1.165) is 47.5 Å². The number of nitrogens with one attached hydrogen (secondary N) is 1. The number of benzene rings is 2. The van der Waals surface area contributed by atoms with Gasteiger partial charge in [0, 0.05) is 24.2 Å². The number of aryl methyl sites for hydroxylation is 2. The van der Waals surface area contributed by atoms with Gasteiger partial charge < -0.3 is 10.2 Å². The Bertz CT molecular complexity index is 1150. The van der Waals surface area contributed by atoms with Crippen LogP contribution in [-0.4, -0.2) is 28.8 Å². The second-order valence-electron chi connectivity index (χ2n) is 8.39. The van der Waals surface area contributed by atoms with Crippen LogP contribution in [-0.2, 0) is 11.3 Å². The summed E-state index contributed by atoms with van der Waals surface area (Å²) >= 11 is 0. The highest BCUT2D eigenvalue weighted by atomic mass is 16.2. The average molecular weight is 405 g/mol. The monoisotopic (exact) mass is 404 g/mol. The second kappa shape index (κ2) is 8.30. The van der Waals surface area contributed by atoms with Crippen molar-refractivity contribution in [3.8, 4) is 0 Å². The lowest BCUT2D eigenvalue weighted by atomic mass is 10.00. The molecule has 1 atom stereocenters. The zero-order chi connectivity index (χ0) is 21.3. The maximum atomic E-state index is 13.0. The first-order chi connectivity index (χ1) is 14.4. The quantitative estimate of drug-likeness (QED) is 0.716. The van der Waals surface area contributed by atoms with E-state index in [1.807, 2.05) is 56.3 Å². The Morgan fingerprint density at radius 1 is 1.17 bits per heavy atom. The Morgan fingerprint density at radius 3 is 2.70 bits per heavy atom. The van der Waals surface area contributed by atoms with Crippen molar-refractivity contribution in [2.75, 3.05) is 23.3 Å². The SMILES string of the molecule is Cc1ccc(C)c(NC(=O)Cn2nc(N3CCC[C@H](C)C3)c3ccccc3c2=O)c1. The summed E-state index contributed by atoms with van der Waals surface area (Å²) in [7, 11) is 0. The van der Waals surface area contributed by atoms with Crippen molar-refractivity contribution in [2.24, 2.45) is 5.92 Å². The summed E-state index contributed by atoms with van der Waals surface area (Å²) in [5.74, 6) is 1.11. The predicted molar refractivity (Wildman–Crippen MR) is 121 cm³/mol. The van der Waals surface area contributed by atoms with E-state index in [1.165, 1.54) is 11.1 Å². The van der Waals surface area contributed by atoms with Gasteiger partial charge in [-0.3, -0.25) is 9.59 Å². The highest BCUT2D eigenvalue weighted by molar-refractivity contribution is 5.93.